The molecule has 7 nitrogen and oxygen atoms in total. The van der Waals surface area contributed by atoms with Crippen molar-refractivity contribution in [2.24, 2.45) is 0 Å². The number of nitrogens with zero attached hydrogens (tertiary/aromatic N) is 3. The summed E-state index contributed by atoms with van der Waals surface area (Å²) in [6, 6.07) is 2.39. The second kappa shape index (κ2) is 7.15. The van der Waals surface area contributed by atoms with Crippen LogP contribution in [0.3, 0.4) is 0 Å². The van der Waals surface area contributed by atoms with E-state index in [9.17, 15) is 9.90 Å². The number of ether oxygens (including phenoxy) is 1. The van der Waals surface area contributed by atoms with Crippen LogP contribution in [0.5, 0.6) is 0 Å². The number of aryl methyl sites for hydroxylation is 1. The van der Waals surface area contributed by atoms with E-state index in [2.05, 4.69) is 14.9 Å². The van der Waals surface area contributed by atoms with Crippen LogP contribution in [0.15, 0.2) is 12.3 Å². The van der Waals surface area contributed by atoms with E-state index in [-0.39, 0.29) is 12.5 Å². The summed E-state index contributed by atoms with van der Waals surface area (Å²) < 4.78 is 7.59. The van der Waals surface area contributed by atoms with E-state index < -0.39 is 6.10 Å². The minimum absolute atomic E-state index is 0.0345. The zero-order valence-electron chi connectivity index (χ0n) is 14.7. The molecule has 2 aromatic rings. The van der Waals surface area contributed by atoms with Gasteiger partial charge in [-0.2, -0.15) is 0 Å². The smallest absolute Gasteiger partial charge is 0.254 e. The van der Waals surface area contributed by atoms with E-state index in [0.29, 0.717) is 37.3 Å². The van der Waals surface area contributed by atoms with Gasteiger partial charge in [-0.05, 0) is 31.5 Å². The van der Waals surface area contributed by atoms with E-state index in [1.165, 1.54) is 0 Å². The molecule has 2 atom stereocenters. The first-order valence-electron chi connectivity index (χ1n) is 8.96. The largest absolute Gasteiger partial charge is 0.381 e. The molecule has 0 spiro atoms. The molecule has 4 heterocycles. The van der Waals surface area contributed by atoms with Crippen LogP contribution in [-0.4, -0.2) is 63.9 Å². The number of carbonyl (C=O) groups is 1. The molecular formula is C18H23ClN4O3. The second-order valence-corrected chi connectivity index (χ2v) is 7.42. The van der Waals surface area contributed by atoms with Gasteiger partial charge in [0.2, 0.25) is 0 Å². The third-order valence-corrected chi connectivity index (χ3v) is 5.66. The number of aliphatic hydroxyl groups excluding tert-OH is 1. The van der Waals surface area contributed by atoms with Gasteiger partial charge in [0.1, 0.15) is 5.65 Å². The molecule has 0 aromatic carbocycles. The molecule has 1 amide bonds. The third kappa shape index (κ3) is 3.20. The third-order valence-electron chi connectivity index (χ3n) is 5.28. The highest BCUT2D eigenvalue weighted by atomic mass is 35.5. The number of rotatable bonds is 5. The Labute approximate surface area is 156 Å². The summed E-state index contributed by atoms with van der Waals surface area (Å²) in [5.41, 5.74) is 2.89. The number of aliphatic hydroxyl groups is 1. The molecule has 0 radical (unpaired) electrons. The SMILES string of the molecule is Cc1c(Cl)cnc2c1cc1n2CCN(C(=O)C(O)COCC2CCN2)C1. The lowest BCUT2D eigenvalue weighted by molar-refractivity contribution is -0.145. The van der Waals surface area contributed by atoms with Crippen molar-refractivity contribution in [3.8, 4) is 0 Å². The minimum Gasteiger partial charge on any atom is -0.381 e. The normalized spacial score (nSPS) is 20.7. The molecule has 2 aromatic heterocycles. The van der Waals surface area contributed by atoms with Crippen molar-refractivity contribution in [1.82, 2.24) is 19.8 Å². The van der Waals surface area contributed by atoms with Gasteiger partial charge < -0.3 is 24.6 Å². The molecule has 140 valence electrons. The zero-order valence-corrected chi connectivity index (χ0v) is 15.5. The average molecular weight is 379 g/mol. The standard InChI is InChI=1S/C18H23ClN4O3/c1-11-14-6-13-8-22(4-5-23(13)17(14)21-7-15(11)19)18(25)16(24)10-26-9-12-2-3-20-12/h6-7,12,16,20,24H,2-5,8-10H2,1H3. The lowest BCUT2D eigenvalue weighted by Gasteiger charge is -2.31. The molecule has 0 bridgehead atoms. The summed E-state index contributed by atoms with van der Waals surface area (Å²) >= 11 is 6.17. The minimum atomic E-state index is -1.12. The summed E-state index contributed by atoms with van der Waals surface area (Å²) in [6.07, 6.45) is 1.63. The van der Waals surface area contributed by atoms with Crippen molar-refractivity contribution >= 4 is 28.5 Å². The van der Waals surface area contributed by atoms with Crippen LogP contribution in [0.25, 0.3) is 11.0 Å². The van der Waals surface area contributed by atoms with E-state index in [1.54, 1.807) is 11.1 Å². The number of amides is 1. The Bertz CT molecular complexity index is 833. The maximum atomic E-state index is 12.5. The van der Waals surface area contributed by atoms with Crippen molar-refractivity contribution in [2.45, 2.75) is 38.6 Å². The number of hydrogen-bond acceptors (Lipinski definition) is 5. The van der Waals surface area contributed by atoms with Crippen LogP contribution in [0.4, 0.5) is 0 Å². The Morgan fingerprint density at radius 1 is 1.54 bits per heavy atom. The van der Waals surface area contributed by atoms with Crippen molar-refractivity contribution in [3.05, 3.63) is 28.5 Å². The van der Waals surface area contributed by atoms with Gasteiger partial charge in [-0.3, -0.25) is 4.79 Å². The Morgan fingerprint density at radius 2 is 2.35 bits per heavy atom. The molecule has 1 saturated heterocycles. The topological polar surface area (TPSA) is 79.6 Å². The van der Waals surface area contributed by atoms with Gasteiger partial charge in [-0.1, -0.05) is 11.6 Å². The highest BCUT2D eigenvalue weighted by Crippen LogP contribution is 2.28. The average Bonchev–Trinajstić information content (AvgIpc) is 2.98. The van der Waals surface area contributed by atoms with Crippen LogP contribution < -0.4 is 5.32 Å². The molecule has 1 fully saturated rings. The van der Waals surface area contributed by atoms with Crippen LogP contribution in [0.2, 0.25) is 5.02 Å². The highest BCUT2D eigenvalue weighted by molar-refractivity contribution is 6.32. The van der Waals surface area contributed by atoms with Crippen molar-refractivity contribution < 1.29 is 14.6 Å². The van der Waals surface area contributed by atoms with Crippen LogP contribution in [0, 0.1) is 6.92 Å². The van der Waals surface area contributed by atoms with Gasteiger partial charge in [0.15, 0.2) is 6.10 Å². The Morgan fingerprint density at radius 3 is 3.08 bits per heavy atom. The monoisotopic (exact) mass is 378 g/mol. The summed E-state index contributed by atoms with van der Waals surface area (Å²) in [5.74, 6) is -0.286. The fraction of sp³-hybridized carbons (Fsp3) is 0.556. The molecule has 2 aliphatic rings. The predicted octanol–water partition coefficient (Wildman–Crippen LogP) is 1.08. The van der Waals surface area contributed by atoms with Gasteiger partial charge in [0.05, 0.1) is 24.8 Å². The summed E-state index contributed by atoms with van der Waals surface area (Å²) in [5, 5.41) is 15.0. The quantitative estimate of drug-likeness (QED) is 0.814. The maximum Gasteiger partial charge on any atom is 0.254 e. The lowest BCUT2D eigenvalue weighted by atomic mass is 10.1. The molecular weight excluding hydrogens is 356 g/mol. The first-order chi connectivity index (χ1) is 12.5. The van der Waals surface area contributed by atoms with Crippen LogP contribution >= 0.6 is 11.6 Å². The van der Waals surface area contributed by atoms with E-state index in [1.807, 2.05) is 13.0 Å². The summed E-state index contributed by atoms with van der Waals surface area (Å²) in [6.45, 7) is 5.19. The lowest BCUT2D eigenvalue weighted by Crippen LogP contribution is -2.48. The molecule has 2 N–H and O–H groups in total. The maximum absolute atomic E-state index is 12.5. The molecule has 0 aliphatic carbocycles. The molecule has 8 heteroatoms. The zero-order chi connectivity index (χ0) is 18.3. The number of fused-ring (bicyclic) bond motifs is 3. The first-order valence-corrected chi connectivity index (χ1v) is 9.33. The van der Waals surface area contributed by atoms with Crippen LogP contribution in [0.1, 0.15) is 17.7 Å². The number of halogens is 1. The molecule has 26 heavy (non-hydrogen) atoms. The molecule has 2 unspecified atom stereocenters. The Kier molecular flexibility index (Phi) is 4.88. The van der Waals surface area contributed by atoms with Crippen molar-refractivity contribution in [1.29, 1.82) is 0 Å². The first kappa shape index (κ1) is 17.7. The predicted molar refractivity (Wildman–Crippen MR) is 98.1 cm³/mol. The number of aromatic nitrogens is 2. The van der Waals surface area contributed by atoms with Gasteiger partial charge in [0.25, 0.3) is 5.91 Å². The number of hydrogen-bond donors (Lipinski definition) is 2. The van der Waals surface area contributed by atoms with Gasteiger partial charge in [-0.15, -0.1) is 0 Å². The number of carbonyl (C=O) groups excluding carboxylic acids is 1. The second-order valence-electron chi connectivity index (χ2n) is 7.01. The van der Waals surface area contributed by atoms with E-state index in [0.717, 1.165) is 35.3 Å². The Balaban J connectivity index is 1.42. The van der Waals surface area contributed by atoms with E-state index in [4.69, 9.17) is 16.3 Å². The number of pyridine rings is 1. The summed E-state index contributed by atoms with van der Waals surface area (Å²) in [4.78, 5) is 18.7. The van der Waals surface area contributed by atoms with Gasteiger partial charge >= 0.3 is 0 Å². The van der Waals surface area contributed by atoms with Crippen LogP contribution in [-0.2, 0) is 22.6 Å². The summed E-state index contributed by atoms with van der Waals surface area (Å²) in [7, 11) is 0. The fourth-order valence-corrected chi connectivity index (χ4v) is 3.66. The van der Waals surface area contributed by atoms with Crippen molar-refractivity contribution in [3.63, 3.8) is 0 Å². The molecule has 2 aliphatic heterocycles. The van der Waals surface area contributed by atoms with Gasteiger partial charge in [0, 0.05) is 36.4 Å². The highest BCUT2D eigenvalue weighted by Gasteiger charge is 2.28. The molecule has 0 saturated carbocycles. The number of nitrogens with one attached hydrogen (secondary N) is 1. The fourth-order valence-electron chi connectivity index (χ4n) is 3.51. The van der Waals surface area contributed by atoms with Gasteiger partial charge in [-0.25, -0.2) is 4.98 Å². The van der Waals surface area contributed by atoms with E-state index >= 15 is 0 Å². The van der Waals surface area contributed by atoms with Crippen molar-refractivity contribution in [2.75, 3.05) is 26.3 Å². The molecule has 4 rings (SSSR count). The Hall–Kier alpha value is -1.67.